The van der Waals surface area contributed by atoms with Crippen molar-refractivity contribution in [2.24, 2.45) is 0 Å². The van der Waals surface area contributed by atoms with Crippen molar-refractivity contribution >= 4 is 27.7 Å². The van der Waals surface area contributed by atoms with Crippen LogP contribution in [0.5, 0.6) is 0 Å². The number of alkyl halides is 3. The van der Waals surface area contributed by atoms with E-state index < -0.39 is 11.9 Å². The Morgan fingerprint density at radius 3 is 2.46 bits per heavy atom. The van der Waals surface area contributed by atoms with Gasteiger partial charge in [-0.3, -0.25) is 9.69 Å². The molecule has 0 radical (unpaired) electrons. The van der Waals surface area contributed by atoms with Gasteiger partial charge in [-0.2, -0.15) is 13.2 Å². The first kappa shape index (κ1) is 16.9. The average Bonchev–Trinajstić information content (AvgIpc) is 2.50. The zero-order valence-corrected chi connectivity index (χ0v) is 14.3. The molecule has 3 rings (SSSR count). The van der Waals surface area contributed by atoms with Crippen LogP contribution in [0.4, 0.5) is 19.0 Å². The molecule has 1 amide bonds. The Kier molecular flexibility index (Phi) is 4.33. The molecule has 0 spiro atoms. The minimum absolute atomic E-state index is 0.000127. The van der Waals surface area contributed by atoms with Crippen molar-refractivity contribution in [1.29, 1.82) is 0 Å². The number of amides is 1. The van der Waals surface area contributed by atoms with E-state index in [0.717, 1.165) is 10.0 Å². The fourth-order valence-electron chi connectivity index (χ4n) is 2.69. The molecule has 2 aromatic rings. The summed E-state index contributed by atoms with van der Waals surface area (Å²) in [5.41, 5.74) is -0.146. The van der Waals surface area contributed by atoms with Crippen molar-refractivity contribution in [1.82, 2.24) is 9.97 Å². The van der Waals surface area contributed by atoms with Crippen molar-refractivity contribution in [2.45, 2.75) is 32.5 Å². The maximum atomic E-state index is 13.3. The van der Waals surface area contributed by atoms with Gasteiger partial charge < -0.3 is 0 Å². The normalized spacial score (nSPS) is 14.7. The summed E-state index contributed by atoms with van der Waals surface area (Å²) in [6, 6.07) is 7.25. The molecule has 0 atom stereocenters. The van der Waals surface area contributed by atoms with Crippen molar-refractivity contribution < 1.29 is 18.0 Å². The zero-order valence-electron chi connectivity index (χ0n) is 12.7. The molecule has 0 bridgehead atoms. The molecule has 0 saturated carbocycles. The van der Waals surface area contributed by atoms with E-state index in [1.165, 1.54) is 11.8 Å². The van der Waals surface area contributed by atoms with Gasteiger partial charge in [0.15, 0.2) is 5.69 Å². The van der Waals surface area contributed by atoms with E-state index in [2.05, 4.69) is 25.9 Å². The number of hydrogen-bond acceptors (Lipinski definition) is 3. The van der Waals surface area contributed by atoms with Crippen LogP contribution in [-0.4, -0.2) is 15.9 Å². The van der Waals surface area contributed by atoms with E-state index in [-0.39, 0.29) is 42.5 Å². The van der Waals surface area contributed by atoms with Crippen LogP contribution in [0.15, 0.2) is 28.7 Å². The lowest BCUT2D eigenvalue weighted by molar-refractivity contribution is -0.142. The van der Waals surface area contributed by atoms with Crippen molar-refractivity contribution in [3.63, 3.8) is 0 Å². The zero-order chi connectivity index (χ0) is 17.5. The highest BCUT2D eigenvalue weighted by molar-refractivity contribution is 9.10. The van der Waals surface area contributed by atoms with Crippen molar-refractivity contribution in [3.05, 3.63) is 51.4 Å². The Balaban J connectivity index is 2.05. The number of hydrogen-bond donors (Lipinski definition) is 0. The highest BCUT2D eigenvalue weighted by Crippen LogP contribution is 2.37. The Morgan fingerprint density at radius 1 is 1.17 bits per heavy atom. The Bertz CT molecular complexity index is 790. The quantitative estimate of drug-likeness (QED) is 0.765. The van der Waals surface area contributed by atoms with Gasteiger partial charge in [-0.1, -0.05) is 28.1 Å². The van der Waals surface area contributed by atoms with Gasteiger partial charge in [0.25, 0.3) is 0 Å². The number of halogens is 4. The molecule has 126 valence electrons. The molecule has 1 aromatic carbocycles. The van der Waals surface area contributed by atoms with Crippen LogP contribution in [-0.2, 0) is 23.9 Å². The third-order valence-electron chi connectivity index (χ3n) is 3.77. The minimum Gasteiger partial charge on any atom is -0.292 e. The second-order valence-electron chi connectivity index (χ2n) is 5.53. The van der Waals surface area contributed by atoms with Gasteiger partial charge in [0.1, 0.15) is 11.6 Å². The molecule has 0 aliphatic carbocycles. The Morgan fingerprint density at radius 2 is 1.83 bits per heavy atom. The van der Waals surface area contributed by atoms with Crippen molar-refractivity contribution in [2.75, 3.05) is 4.90 Å². The van der Waals surface area contributed by atoms with E-state index in [4.69, 9.17) is 0 Å². The lowest BCUT2D eigenvalue weighted by Crippen LogP contribution is -2.37. The van der Waals surface area contributed by atoms with Crippen LogP contribution in [0.3, 0.4) is 0 Å². The summed E-state index contributed by atoms with van der Waals surface area (Å²) in [7, 11) is 0. The molecule has 2 heterocycles. The van der Waals surface area contributed by atoms with Gasteiger partial charge in [-0.25, -0.2) is 9.97 Å². The van der Waals surface area contributed by atoms with Crippen LogP contribution >= 0.6 is 15.9 Å². The third-order valence-corrected chi connectivity index (χ3v) is 4.29. The third kappa shape index (κ3) is 3.28. The number of carbonyl (C=O) groups excluding carboxylic acids is 1. The minimum atomic E-state index is -4.57. The highest BCUT2D eigenvalue weighted by Gasteiger charge is 2.40. The number of benzene rings is 1. The van der Waals surface area contributed by atoms with Crippen LogP contribution in [0.25, 0.3) is 0 Å². The summed E-state index contributed by atoms with van der Waals surface area (Å²) in [4.78, 5) is 21.3. The largest absolute Gasteiger partial charge is 0.433 e. The van der Waals surface area contributed by atoms with E-state index >= 15 is 0 Å². The number of aryl methyl sites for hydroxylation is 1. The number of rotatable bonds is 2. The van der Waals surface area contributed by atoms with Crippen LogP contribution < -0.4 is 4.90 Å². The lowest BCUT2D eigenvalue weighted by atomic mass is 10.0. The summed E-state index contributed by atoms with van der Waals surface area (Å²) in [5.74, 6) is -0.179. The molecule has 1 aliphatic heterocycles. The number of nitrogens with zero attached hydrogens (tertiary/aromatic N) is 3. The number of anilines is 1. The van der Waals surface area contributed by atoms with Gasteiger partial charge in [-0.15, -0.1) is 0 Å². The first-order chi connectivity index (χ1) is 11.3. The molecule has 0 fully saturated rings. The average molecular weight is 400 g/mol. The molecule has 0 saturated heterocycles. The lowest BCUT2D eigenvalue weighted by Gasteiger charge is -2.30. The molecule has 8 heteroatoms. The highest BCUT2D eigenvalue weighted by atomic mass is 79.9. The van der Waals surface area contributed by atoms with Gasteiger partial charge in [0.2, 0.25) is 5.91 Å². The van der Waals surface area contributed by atoms with Gasteiger partial charge >= 0.3 is 6.18 Å². The Hall–Kier alpha value is -1.96. The molecule has 0 unspecified atom stereocenters. The summed E-state index contributed by atoms with van der Waals surface area (Å²) in [6.07, 6.45) is -4.55. The summed E-state index contributed by atoms with van der Waals surface area (Å²) in [5, 5.41) is 0. The Labute approximate surface area is 144 Å². The fraction of sp³-hybridized carbons (Fsp3) is 0.312. The second kappa shape index (κ2) is 6.16. The van der Waals surface area contributed by atoms with Crippen molar-refractivity contribution in [3.8, 4) is 0 Å². The van der Waals surface area contributed by atoms with E-state index in [1.807, 2.05) is 24.3 Å². The predicted molar refractivity (Wildman–Crippen MR) is 85.4 cm³/mol. The standard InChI is InChI=1S/C16H13BrF3N3O/c1-9-21-14(16(18,19)20)12-6-7-13(24)23(15(12)22-9)8-10-2-4-11(17)5-3-10/h2-5H,6-8H2,1H3. The molecular formula is C16H13BrF3N3O. The van der Waals surface area contributed by atoms with E-state index in [1.54, 1.807) is 0 Å². The molecule has 24 heavy (non-hydrogen) atoms. The first-order valence-electron chi connectivity index (χ1n) is 7.25. The maximum absolute atomic E-state index is 13.3. The van der Waals surface area contributed by atoms with Gasteiger partial charge in [-0.05, 0) is 31.0 Å². The molecule has 1 aliphatic rings. The van der Waals surface area contributed by atoms with Crippen LogP contribution in [0.2, 0.25) is 0 Å². The first-order valence-corrected chi connectivity index (χ1v) is 8.04. The van der Waals surface area contributed by atoms with Crippen LogP contribution in [0, 0.1) is 6.92 Å². The van der Waals surface area contributed by atoms with Crippen LogP contribution in [0.1, 0.15) is 29.1 Å². The number of aromatic nitrogens is 2. The monoisotopic (exact) mass is 399 g/mol. The maximum Gasteiger partial charge on any atom is 0.433 e. The number of fused-ring (bicyclic) bond motifs is 1. The fourth-order valence-corrected chi connectivity index (χ4v) is 2.95. The molecule has 0 N–H and O–H groups in total. The predicted octanol–water partition coefficient (Wildman–Crippen LogP) is 4.05. The number of carbonyl (C=O) groups is 1. The van der Waals surface area contributed by atoms with E-state index in [0.29, 0.717) is 0 Å². The summed E-state index contributed by atoms with van der Waals surface area (Å²) in [6.45, 7) is 1.57. The topological polar surface area (TPSA) is 46.1 Å². The smallest absolute Gasteiger partial charge is 0.292 e. The summed E-state index contributed by atoms with van der Waals surface area (Å²) < 4.78 is 40.6. The van der Waals surface area contributed by atoms with E-state index in [9.17, 15) is 18.0 Å². The van der Waals surface area contributed by atoms with Gasteiger partial charge in [0, 0.05) is 16.5 Å². The molecule has 1 aromatic heterocycles. The molecule has 4 nitrogen and oxygen atoms in total. The second-order valence-corrected chi connectivity index (χ2v) is 6.44. The SMILES string of the molecule is Cc1nc2c(c(C(F)(F)F)n1)CCC(=O)N2Cc1ccc(Br)cc1. The van der Waals surface area contributed by atoms with Gasteiger partial charge in [0.05, 0.1) is 6.54 Å². The molecular weight excluding hydrogens is 387 g/mol. The summed E-state index contributed by atoms with van der Waals surface area (Å²) >= 11 is 3.32.